The number of nitrogens with zero attached hydrogens (tertiary/aromatic N) is 1. The fourth-order valence-electron chi connectivity index (χ4n) is 2.83. The lowest BCUT2D eigenvalue weighted by Gasteiger charge is -2.27. The fourth-order valence-corrected chi connectivity index (χ4v) is 4.47. The molecule has 0 radical (unpaired) electrons. The van der Waals surface area contributed by atoms with Crippen molar-refractivity contribution in [2.45, 2.75) is 37.3 Å². The molecule has 0 saturated heterocycles. The highest BCUT2D eigenvalue weighted by Crippen LogP contribution is 2.18. The lowest BCUT2D eigenvalue weighted by atomic mass is 10.0. The summed E-state index contributed by atoms with van der Waals surface area (Å²) >= 11 is 0. The van der Waals surface area contributed by atoms with Gasteiger partial charge < -0.3 is 10.8 Å². The highest BCUT2D eigenvalue weighted by Gasteiger charge is 2.30. The zero-order chi connectivity index (χ0) is 19.2. The number of hydrogen-bond acceptors (Lipinski definition) is 3. The standard InChI is InChI=1S/C20H28N2O3S/c1-16(2)14-22(26(24,25)18-11-7-4-8-12-18)15-20(23)19(21)13-17-9-5-3-6-10-17/h3-12,16,19-20,23H,13-15,21H2,1-2H3/p+1. The molecule has 0 heterocycles. The zero-order valence-corrected chi connectivity index (χ0v) is 16.3. The van der Waals surface area contributed by atoms with Crippen molar-refractivity contribution in [2.75, 3.05) is 13.1 Å². The molecule has 0 aliphatic rings. The SMILES string of the molecule is CC(C)CN(CC(O)C([NH3+])Cc1ccccc1)S(=O)(=O)c1ccccc1. The molecule has 26 heavy (non-hydrogen) atoms. The Morgan fingerprint density at radius 3 is 2.04 bits per heavy atom. The van der Waals surface area contributed by atoms with Gasteiger partial charge in [0, 0.05) is 19.5 Å². The Hall–Kier alpha value is -1.73. The van der Waals surface area contributed by atoms with E-state index in [0.717, 1.165) is 5.56 Å². The van der Waals surface area contributed by atoms with E-state index in [-0.39, 0.29) is 23.4 Å². The van der Waals surface area contributed by atoms with Crippen molar-refractivity contribution in [1.29, 1.82) is 0 Å². The number of rotatable bonds is 9. The third kappa shape index (κ3) is 5.64. The second-order valence-electron chi connectivity index (χ2n) is 7.05. The fraction of sp³-hybridized carbons (Fsp3) is 0.400. The van der Waals surface area contributed by atoms with Crippen LogP contribution < -0.4 is 5.73 Å². The summed E-state index contributed by atoms with van der Waals surface area (Å²) in [4.78, 5) is 0.247. The van der Waals surface area contributed by atoms with E-state index in [1.165, 1.54) is 4.31 Å². The van der Waals surface area contributed by atoms with Gasteiger partial charge in [0.25, 0.3) is 0 Å². The van der Waals surface area contributed by atoms with Gasteiger partial charge >= 0.3 is 0 Å². The second-order valence-corrected chi connectivity index (χ2v) is 8.98. The minimum Gasteiger partial charge on any atom is -0.386 e. The Kier molecular flexibility index (Phi) is 7.34. The van der Waals surface area contributed by atoms with Crippen molar-refractivity contribution < 1.29 is 19.3 Å². The van der Waals surface area contributed by atoms with Crippen LogP contribution in [0.4, 0.5) is 0 Å². The smallest absolute Gasteiger partial charge is 0.243 e. The first-order chi connectivity index (χ1) is 12.3. The molecule has 0 amide bonds. The summed E-state index contributed by atoms with van der Waals surface area (Å²) in [5, 5.41) is 10.6. The van der Waals surface area contributed by atoms with Crippen molar-refractivity contribution in [3.05, 3.63) is 66.2 Å². The van der Waals surface area contributed by atoms with Gasteiger partial charge in [0.2, 0.25) is 10.0 Å². The Morgan fingerprint density at radius 2 is 1.50 bits per heavy atom. The van der Waals surface area contributed by atoms with Gasteiger partial charge in [0.15, 0.2) is 0 Å². The summed E-state index contributed by atoms with van der Waals surface area (Å²) in [7, 11) is -3.65. The summed E-state index contributed by atoms with van der Waals surface area (Å²) in [6.07, 6.45) is -0.240. The molecule has 4 N–H and O–H groups in total. The number of sulfonamides is 1. The maximum atomic E-state index is 13.0. The van der Waals surface area contributed by atoms with Crippen LogP contribution in [0.5, 0.6) is 0 Å². The second kappa shape index (κ2) is 9.28. The Balaban J connectivity index is 2.14. The van der Waals surface area contributed by atoms with Crippen molar-refractivity contribution >= 4 is 10.0 Å². The molecule has 2 atom stereocenters. The van der Waals surface area contributed by atoms with Crippen molar-refractivity contribution in [2.24, 2.45) is 5.92 Å². The predicted octanol–water partition coefficient (Wildman–Crippen LogP) is 1.55. The highest BCUT2D eigenvalue weighted by molar-refractivity contribution is 7.89. The van der Waals surface area contributed by atoms with Gasteiger partial charge in [-0.15, -0.1) is 0 Å². The number of quaternary nitrogens is 1. The maximum Gasteiger partial charge on any atom is 0.243 e. The minimum absolute atomic E-state index is 0.0381. The molecule has 2 aromatic carbocycles. The maximum absolute atomic E-state index is 13.0. The summed E-state index contributed by atoms with van der Waals surface area (Å²) in [6.45, 7) is 4.32. The van der Waals surface area contributed by atoms with E-state index in [9.17, 15) is 13.5 Å². The van der Waals surface area contributed by atoms with Crippen LogP contribution in [0.1, 0.15) is 19.4 Å². The summed E-state index contributed by atoms with van der Waals surface area (Å²) in [6, 6.07) is 17.9. The monoisotopic (exact) mass is 377 g/mol. The zero-order valence-electron chi connectivity index (χ0n) is 15.5. The van der Waals surface area contributed by atoms with Crippen LogP contribution in [-0.2, 0) is 16.4 Å². The van der Waals surface area contributed by atoms with Crippen molar-refractivity contribution in [1.82, 2.24) is 4.31 Å². The number of aliphatic hydroxyl groups is 1. The average molecular weight is 378 g/mol. The lowest BCUT2D eigenvalue weighted by Crippen LogP contribution is -2.69. The molecular formula is C20H29N2O3S+. The van der Waals surface area contributed by atoms with E-state index in [2.05, 4.69) is 5.73 Å². The first-order valence-corrected chi connectivity index (χ1v) is 10.3. The van der Waals surface area contributed by atoms with Crippen molar-refractivity contribution in [3.63, 3.8) is 0 Å². The average Bonchev–Trinajstić information content (AvgIpc) is 2.62. The third-order valence-electron chi connectivity index (χ3n) is 4.23. The van der Waals surface area contributed by atoms with E-state index >= 15 is 0 Å². The molecule has 5 nitrogen and oxygen atoms in total. The first kappa shape index (κ1) is 20.6. The van der Waals surface area contributed by atoms with E-state index in [1.807, 2.05) is 44.2 Å². The first-order valence-electron chi connectivity index (χ1n) is 8.91. The quantitative estimate of drug-likeness (QED) is 0.695. The molecule has 2 rings (SSSR count). The predicted molar refractivity (Wildman–Crippen MR) is 103 cm³/mol. The third-order valence-corrected chi connectivity index (χ3v) is 6.07. The molecule has 0 aliphatic carbocycles. The molecule has 0 saturated carbocycles. The van der Waals surface area contributed by atoms with Crippen LogP contribution in [0.15, 0.2) is 65.6 Å². The molecule has 0 bridgehead atoms. The summed E-state index contributed by atoms with van der Waals surface area (Å²) in [5.74, 6) is 0.151. The van der Waals surface area contributed by atoms with Gasteiger partial charge in [0.05, 0.1) is 4.90 Å². The normalized spacial score (nSPS) is 14.5. The van der Waals surface area contributed by atoms with Gasteiger partial charge in [-0.25, -0.2) is 8.42 Å². The Bertz CT molecular complexity index is 764. The molecule has 2 unspecified atom stereocenters. The Morgan fingerprint density at radius 1 is 0.962 bits per heavy atom. The summed E-state index contributed by atoms with van der Waals surface area (Å²) in [5.41, 5.74) is 5.13. The molecule has 142 valence electrons. The van der Waals surface area contributed by atoms with E-state index in [0.29, 0.717) is 13.0 Å². The summed E-state index contributed by atoms with van der Waals surface area (Å²) < 4.78 is 27.3. The van der Waals surface area contributed by atoms with Gasteiger partial charge in [-0.2, -0.15) is 4.31 Å². The topological polar surface area (TPSA) is 85.2 Å². The number of benzene rings is 2. The van der Waals surface area contributed by atoms with Crippen LogP contribution in [0, 0.1) is 5.92 Å². The molecular weight excluding hydrogens is 348 g/mol. The Labute approximate surface area is 156 Å². The highest BCUT2D eigenvalue weighted by atomic mass is 32.2. The molecule has 0 fully saturated rings. The van der Waals surface area contributed by atoms with Gasteiger partial charge in [0.1, 0.15) is 12.1 Å². The van der Waals surface area contributed by atoms with Crippen LogP contribution in [0.25, 0.3) is 0 Å². The number of hydrogen-bond donors (Lipinski definition) is 2. The number of aliphatic hydroxyl groups excluding tert-OH is 1. The van der Waals surface area contributed by atoms with Gasteiger partial charge in [-0.05, 0) is 23.6 Å². The minimum atomic E-state index is -3.65. The van der Waals surface area contributed by atoms with Gasteiger partial charge in [-0.1, -0.05) is 62.4 Å². The van der Waals surface area contributed by atoms with Gasteiger partial charge in [-0.3, -0.25) is 0 Å². The molecule has 6 heteroatoms. The van der Waals surface area contributed by atoms with E-state index in [1.54, 1.807) is 30.3 Å². The van der Waals surface area contributed by atoms with Crippen LogP contribution >= 0.6 is 0 Å². The molecule has 0 aromatic heterocycles. The lowest BCUT2D eigenvalue weighted by molar-refractivity contribution is -0.437. The van der Waals surface area contributed by atoms with Crippen LogP contribution in [0.2, 0.25) is 0 Å². The molecule has 0 spiro atoms. The molecule has 2 aromatic rings. The van der Waals surface area contributed by atoms with E-state index < -0.39 is 16.1 Å². The van der Waals surface area contributed by atoms with Crippen molar-refractivity contribution in [3.8, 4) is 0 Å². The van der Waals surface area contributed by atoms with Crippen LogP contribution in [0.3, 0.4) is 0 Å². The van der Waals surface area contributed by atoms with Crippen LogP contribution in [-0.4, -0.2) is 43.1 Å². The molecule has 0 aliphatic heterocycles. The largest absolute Gasteiger partial charge is 0.386 e. The van der Waals surface area contributed by atoms with E-state index in [4.69, 9.17) is 0 Å².